The molecule has 1 saturated heterocycles. The van der Waals surface area contributed by atoms with E-state index in [2.05, 4.69) is 20.9 Å². The number of ether oxygens (including phenoxy) is 8. The number of hydrogen-bond donors (Lipinski definition) is 8. The van der Waals surface area contributed by atoms with Crippen LogP contribution in [0.4, 0.5) is 9.59 Å². The number of fused-ring (bicyclic) bond motifs is 4. The van der Waals surface area contributed by atoms with Crippen molar-refractivity contribution in [2.75, 3.05) is 125 Å². The number of aliphatic hydroxyl groups excluding tert-OH is 2. The lowest BCUT2D eigenvalue weighted by atomic mass is 9.85. The lowest BCUT2D eigenvalue weighted by Gasteiger charge is -2.30. The Hall–Kier alpha value is -6.08. The van der Waals surface area contributed by atoms with Gasteiger partial charge in [0.1, 0.15) is 12.2 Å². The molecule has 3 aliphatic heterocycles. The minimum Gasteiger partial charge on any atom is -0.492 e. The maximum absolute atomic E-state index is 13.9. The van der Waals surface area contributed by atoms with Crippen LogP contribution in [0.15, 0.2) is 117 Å². The van der Waals surface area contributed by atoms with Gasteiger partial charge in [0.2, 0.25) is 23.1 Å². The number of Topliss-reactive ketones (excluding diaryl/α,β-unsaturated/α-hetero) is 2. The number of amides is 4. The number of carbonyl (C=O) groups excluding carboxylic acids is 8. The molecule has 5 rings (SSSR count). The van der Waals surface area contributed by atoms with E-state index in [9.17, 15) is 48.6 Å². The van der Waals surface area contributed by atoms with Crippen molar-refractivity contribution in [3.63, 3.8) is 0 Å². The van der Waals surface area contributed by atoms with Crippen molar-refractivity contribution in [1.82, 2.24) is 25.8 Å². The minimum absolute atomic E-state index is 0.0801. The maximum Gasteiger partial charge on any atom is 0.405 e. The van der Waals surface area contributed by atoms with Crippen molar-refractivity contribution < 1.29 is 86.5 Å². The lowest BCUT2D eigenvalue weighted by molar-refractivity contribution is -0.121. The molecule has 0 aromatic rings. The SMILES string of the molecule is C1CCOC1.COC1=C2C[C@@H](C)C[C@H](OC)[C@H](O)[C@@H](C)/C=C(\C)[C@H](OC(N)=O)[C@@H](OC)/C=C\C=C(/C)C(=O)NC(=CC1=O)C2=O.CO[C@H]1/C=C\C=C(/C)C(=O)NC2=CC(=O)C(NCCN(CCCl)CCCl)=C(C[C@@H](C)C[C@H](OC)[C@H](O)[C@@H](C)/C=C(\C)[C@@H]1OC(N)=O)C2=O.NCCCN(CCCl)CCCl. The molecular weight excluding hydrogens is 1430 g/mol. The second kappa shape index (κ2) is 51.2. The van der Waals surface area contributed by atoms with Gasteiger partial charge < -0.3 is 86.2 Å². The summed E-state index contributed by atoms with van der Waals surface area (Å²) in [7, 11) is 7.14. The zero-order valence-corrected chi connectivity index (χ0v) is 65.6. The first-order chi connectivity index (χ1) is 49.4. The van der Waals surface area contributed by atoms with Gasteiger partial charge in [0, 0.05) is 151 Å². The number of nitrogens with one attached hydrogen (secondary N) is 3. The molecule has 0 unspecified atom stereocenters. The Bertz CT molecular complexity index is 3110. The molecular formula is C74H114Cl4N8O18. The maximum atomic E-state index is 13.9. The van der Waals surface area contributed by atoms with E-state index in [4.69, 9.17) is 101 Å². The van der Waals surface area contributed by atoms with E-state index >= 15 is 0 Å². The van der Waals surface area contributed by atoms with Gasteiger partial charge in [-0.05, 0) is 109 Å². The number of nitrogens with zero attached hydrogens (tertiary/aromatic N) is 2. The van der Waals surface area contributed by atoms with Crippen LogP contribution in [0.1, 0.15) is 100 Å². The lowest BCUT2D eigenvalue weighted by Crippen LogP contribution is -2.39. The highest BCUT2D eigenvalue weighted by Gasteiger charge is 2.37. The fourth-order valence-electron chi connectivity index (χ4n) is 11.9. The van der Waals surface area contributed by atoms with Gasteiger partial charge in [0.05, 0.1) is 48.6 Å². The zero-order valence-electron chi connectivity index (χ0n) is 62.6. The Balaban J connectivity index is 0.000000586. The number of rotatable bonds is 22. The highest BCUT2D eigenvalue weighted by Crippen LogP contribution is 2.32. The average Bonchev–Trinajstić information content (AvgIpc) is 0.889. The Morgan fingerprint density at radius 1 is 0.596 bits per heavy atom. The number of carbonyl (C=O) groups is 8. The normalized spacial score (nSPS) is 28.4. The van der Waals surface area contributed by atoms with E-state index in [0.717, 1.165) is 58.0 Å². The van der Waals surface area contributed by atoms with Crippen LogP contribution in [0.2, 0.25) is 0 Å². The van der Waals surface area contributed by atoms with Gasteiger partial charge in [-0.25, -0.2) is 9.59 Å². The fourth-order valence-corrected chi connectivity index (χ4v) is 12.8. The summed E-state index contributed by atoms with van der Waals surface area (Å²) >= 11 is 23.0. The molecule has 11 N–H and O–H groups in total. The number of allylic oxidation sites excluding steroid dienone is 8. The Morgan fingerprint density at radius 3 is 1.37 bits per heavy atom. The van der Waals surface area contributed by atoms with E-state index in [1.165, 1.54) is 67.5 Å². The molecule has 0 saturated carbocycles. The smallest absolute Gasteiger partial charge is 0.405 e. The topological polar surface area (TPSA) is 371 Å². The predicted molar refractivity (Wildman–Crippen MR) is 404 cm³/mol. The third-order valence-electron chi connectivity index (χ3n) is 17.6. The number of aliphatic hydroxyl groups is 2. The van der Waals surface area contributed by atoms with Crippen LogP contribution in [0.3, 0.4) is 0 Å². The molecule has 586 valence electrons. The third-order valence-corrected chi connectivity index (χ3v) is 18.3. The number of halogens is 4. The van der Waals surface area contributed by atoms with Gasteiger partial charge in [-0.1, -0.05) is 76.3 Å². The Labute approximate surface area is 634 Å². The summed E-state index contributed by atoms with van der Waals surface area (Å²) in [5, 5.41) is 30.8. The molecule has 0 aromatic heterocycles. The number of methoxy groups -OCH3 is 5. The predicted octanol–water partition coefficient (Wildman–Crippen LogP) is 7.45. The van der Waals surface area contributed by atoms with E-state index in [1.54, 1.807) is 71.1 Å². The van der Waals surface area contributed by atoms with Crippen molar-refractivity contribution >= 4 is 93.5 Å². The van der Waals surface area contributed by atoms with Gasteiger partial charge in [0.25, 0.3) is 11.8 Å². The van der Waals surface area contributed by atoms with Crippen LogP contribution in [0, 0.1) is 23.7 Å². The van der Waals surface area contributed by atoms with Crippen LogP contribution in [-0.4, -0.2) is 241 Å². The molecule has 2 aliphatic carbocycles. The molecule has 26 nitrogen and oxygen atoms in total. The van der Waals surface area contributed by atoms with E-state index in [-0.39, 0.29) is 69.8 Å². The fraction of sp³-hybridized carbons (Fsp3) is 0.622. The second-order valence-corrected chi connectivity index (χ2v) is 27.4. The van der Waals surface area contributed by atoms with Crippen LogP contribution in [-0.2, 0) is 66.7 Å². The summed E-state index contributed by atoms with van der Waals surface area (Å²) in [5.74, 6) is -2.41. The largest absolute Gasteiger partial charge is 0.492 e. The van der Waals surface area contributed by atoms with Crippen molar-refractivity contribution in [1.29, 1.82) is 0 Å². The van der Waals surface area contributed by atoms with Crippen LogP contribution in [0.25, 0.3) is 0 Å². The summed E-state index contributed by atoms with van der Waals surface area (Å²) in [5.41, 5.74) is 17.9. The van der Waals surface area contributed by atoms with Crippen molar-refractivity contribution in [2.45, 2.75) is 149 Å². The molecule has 0 spiro atoms. The first kappa shape index (κ1) is 94.0. The van der Waals surface area contributed by atoms with Crippen LogP contribution >= 0.6 is 46.4 Å². The van der Waals surface area contributed by atoms with E-state index in [1.807, 2.05) is 18.7 Å². The standard InChI is InChI=1S/C34H50Cl2N4O8.C29H40N2O9.C7H16Cl2N2.C4H8O/c1-20-16-24-29(38-12-15-40(13-10-35)14-11-36)26(41)19-25(31(24)43)39-33(44)21(2)8-7-9-27(46-5)32(48-34(37)45)23(4)18-22(3)30(42)28(17-20)47-6;1-15-11-19-25(34)20(14-21(32)27(19)39-7)31-28(35)16(2)9-8-10-22(37-5)26(40-29(30)36)18(4)13-17(3)24(33)23(12-15)38-6;8-2-6-11(7-3-9)5-1-4-10;1-2-4-5-3-1/h7-9,18-20,22,27-28,30,32,38,42H,10-17H2,1-6H3,(H2,37,45)(H,39,44);8-10,13-15,17,22-24,26,33H,11-12H2,1-7H3,(H2,30,36)(H,31,35);1-7,10H2;1-4H2/b9-7-,21-8+,23-18+;10-8-,16-9+,18-13+;;/t20-,22+,27+,28+,30-,32+;15-,17+,22+,23+,24-,26+;;/m11../s1. The summed E-state index contributed by atoms with van der Waals surface area (Å²) in [4.78, 5) is 107. The molecule has 12 atom stereocenters. The monoisotopic (exact) mass is 1540 g/mol. The number of ketones is 4. The highest BCUT2D eigenvalue weighted by molar-refractivity contribution is 6.24. The van der Waals surface area contributed by atoms with Crippen molar-refractivity contribution in [3.8, 4) is 0 Å². The summed E-state index contributed by atoms with van der Waals surface area (Å²) in [6.07, 6.45) is 10.9. The molecule has 4 amide bonds. The van der Waals surface area contributed by atoms with Crippen molar-refractivity contribution in [2.24, 2.45) is 40.9 Å². The van der Waals surface area contributed by atoms with Gasteiger partial charge in [0.15, 0.2) is 18.0 Å². The molecule has 0 aromatic carbocycles. The summed E-state index contributed by atoms with van der Waals surface area (Å²) in [6.45, 7) is 21.6. The quantitative estimate of drug-likeness (QED) is 0.0296. The van der Waals surface area contributed by atoms with Crippen molar-refractivity contribution in [3.05, 3.63) is 117 Å². The molecule has 3 heterocycles. The second-order valence-electron chi connectivity index (χ2n) is 25.8. The first-order valence-electron chi connectivity index (χ1n) is 34.9. The average molecular weight is 1550 g/mol. The van der Waals surface area contributed by atoms with Crippen LogP contribution < -0.4 is 33.2 Å². The van der Waals surface area contributed by atoms with E-state index < -0.39 is 108 Å². The summed E-state index contributed by atoms with van der Waals surface area (Å²) in [6, 6.07) is 0. The Kier molecular flexibility index (Phi) is 46.3. The number of alkyl halides is 4. The third kappa shape index (κ3) is 32.6. The highest BCUT2D eigenvalue weighted by atomic mass is 35.5. The van der Waals surface area contributed by atoms with Crippen LogP contribution in [0.5, 0.6) is 0 Å². The molecule has 5 aliphatic rings. The molecule has 4 bridgehead atoms. The number of primary amides is 2. The minimum atomic E-state index is -1.01. The molecule has 0 radical (unpaired) electrons. The Morgan fingerprint density at radius 2 is 1.00 bits per heavy atom. The van der Waals surface area contributed by atoms with Gasteiger partial charge in [-0.3, -0.25) is 33.7 Å². The number of nitrogens with two attached hydrogens (primary N) is 3. The first-order valence-corrected chi connectivity index (χ1v) is 37.0. The zero-order chi connectivity index (χ0) is 78.2. The molecule has 30 heteroatoms. The molecule has 104 heavy (non-hydrogen) atoms. The van der Waals surface area contributed by atoms with Gasteiger partial charge >= 0.3 is 12.2 Å². The number of hydrogen-bond acceptors (Lipinski definition) is 22. The van der Waals surface area contributed by atoms with E-state index in [0.29, 0.717) is 73.7 Å². The van der Waals surface area contributed by atoms with Gasteiger partial charge in [-0.2, -0.15) is 0 Å². The summed E-state index contributed by atoms with van der Waals surface area (Å²) < 4.78 is 43.3. The molecule has 1 fully saturated rings. The van der Waals surface area contributed by atoms with Gasteiger partial charge in [-0.15, -0.1) is 46.4 Å².